The third-order valence-corrected chi connectivity index (χ3v) is 2.46. The molecule has 0 radical (unpaired) electrons. The molecule has 0 aliphatic carbocycles. The summed E-state index contributed by atoms with van der Waals surface area (Å²) in [5.41, 5.74) is 0. The Balaban J connectivity index is 2.31. The fraction of sp³-hybridized carbons (Fsp3) is 0.600. The van der Waals surface area contributed by atoms with Gasteiger partial charge in [-0.3, -0.25) is 0 Å². The van der Waals surface area contributed by atoms with Crippen molar-refractivity contribution in [3.8, 4) is 0 Å². The summed E-state index contributed by atoms with van der Waals surface area (Å²) in [5, 5.41) is 29.8. The molecule has 19 heavy (non-hydrogen) atoms. The van der Waals surface area contributed by atoms with Crippen LogP contribution >= 0.6 is 0 Å². The highest BCUT2D eigenvalue weighted by Crippen LogP contribution is 1.93. The lowest BCUT2D eigenvalue weighted by Crippen LogP contribution is -2.46. The highest BCUT2D eigenvalue weighted by molar-refractivity contribution is 5.82. The normalized spacial score (nSPS) is 11.9. The molecule has 2 amide bonds. The molecule has 1 rings (SSSR count). The minimum absolute atomic E-state index is 0.0357. The van der Waals surface area contributed by atoms with Crippen molar-refractivity contribution in [3.05, 3.63) is 12.2 Å². The molecule has 0 saturated heterocycles. The number of aromatic nitrogens is 3. The fourth-order valence-electron chi connectivity index (χ4n) is 1.42. The molecular weight excluding hydrogens is 254 g/mol. The third-order valence-electron chi connectivity index (χ3n) is 2.46. The van der Waals surface area contributed by atoms with Crippen LogP contribution in [0.4, 0.5) is 4.79 Å². The van der Waals surface area contributed by atoms with Crippen LogP contribution in [0.3, 0.4) is 0 Å². The van der Waals surface area contributed by atoms with Gasteiger partial charge in [0.15, 0.2) is 0 Å². The number of hydrogen-bond acceptors (Lipinski definition) is 5. The number of aryl methyl sites for hydroxylation is 1. The van der Waals surface area contributed by atoms with E-state index in [1.165, 1.54) is 0 Å². The number of aliphatic carboxylic acids is 1. The number of nitrogens with one attached hydrogen (secondary N) is 2. The fourth-order valence-corrected chi connectivity index (χ4v) is 1.42. The monoisotopic (exact) mass is 271 g/mol. The zero-order valence-corrected chi connectivity index (χ0v) is 10.5. The minimum Gasteiger partial charge on any atom is -0.480 e. The van der Waals surface area contributed by atoms with Crippen LogP contribution in [0.15, 0.2) is 6.33 Å². The largest absolute Gasteiger partial charge is 0.480 e. The average Bonchev–Trinajstić information content (AvgIpc) is 2.74. The van der Waals surface area contributed by atoms with E-state index in [9.17, 15) is 9.59 Å². The van der Waals surface area contributed by atoms with Crippen LogP contribution < -0.4 is 10.6 Å². The molecule has 0 aliphatic rings. The number of carbonyl (C=O) groups is 2. The van der Waals surface area contributed by atoms with E-state index in [-0.39, 0.29) is 13.0 Å². The van der Waals surface area contributed by atoms with E-state index in [1.54, 1.807) is 17.9 Å². The lowest BCUT2D eigenvalue weighted by molar-refractivity contribution is -0.139. The van der Waals surface area contributed by atoms with Gasteiger partial charge in [0.25, 0.3) is 0 Å². The first-order valence-corrected chi connectivity index (χ1v) is 5.75. The number of carboxylic acid groups (broad SMARTS) is 1. The Bertz CT molecular complexity index is 433. The second-order valence-electron chi connectivity index (χ2n) is 3.91. The number of urea groups is 1. The van der Waals surface area contributed by atoms with Crippen molar-refractivity contribution in [3.63, 3.8) is 0 Å². The number of amides is 2. The molecule has 0 unspecified atom stereocenters. The quantitative estimate of drug-likeness (QED) is 0.477. The summed E-state index contributed by atoms with van der Waals surface area (Å²) in [6.07, 6.45) is 2.00. The Morgan fingerprint density at radius 3 is 2.79 bits per heavy atom. The van der Waals surface area contributed by atoms with Gasteiger partial charge >= 0.3 is 12.0 Å². The molecule has 0 aliphatic heterocycles. The van der Waals surface area contributed by atoms with Crippen LogP contribution in [0.1, 0.15) is 12.2 Å². The van der Waals surface area contributed by atoms with Crippen LogP contribution in [0.2, 0.25) is 0 Å². The average molecular weight is 271 g/mol. The number of rotatable bonds is 7. The Labute approximate surface area is 109 Å². The summed E-state index contributed by atoms with van der Waals surface area (Å²) < 4.78 is 1.73. The smallest absolute Gasteiger partial charge is 0.326 e. The van der Waals surface area contributed by atoms with E-state index < -0.39 is 18.0 Å². The lowest BCUT2D eigenvalue weighted by atomic mass is 10.2. The van der Waals surface area contributed by atoms with E-state index >= 15 is 0 Å². The molecular formula is C10H17N5O4. The van der Waals surface area contributed by atoms with Crippen LogP contribution in [-0.2, 0) is 18.3 Å². The molecule has 0 spiro atoms. The standard InChI is InChI=1S/C10H17N5O4/c1-15-6-12-14-8(15)2-4-11-10(19)13-7(3-5-16)9(17)18/h6-7,16H,2-5H2,1H3,(H,17,18)(H2,11,13,19)/t7-/m0/s1. The summed E-state index contributed by atoms with van der Waals surface area (Å²) in [4.78, 5) is 22.2. The van der Waals surface area contributed by atoms with Gasteiger partial charge in [0.1, 0.15) is 18.2 Å². The molecule has 9 nitrogen and oxygen atoms in total. The molecule has 0 aromatic carbocycles. The van der Waals surface area contributed by atoms with Gasteiger partial charge in [0.2, 0.25) is 0 Å². The highest BCUT2D eigenvalue weighted by Gasteiger charge is 2.18. The summed E-state index contributed by atoms with van der Waals surface area (Å²) in [6, 6.07) is -1.69. The number of nitrogens with zero attached hydrogens (tertiary/aromatic N) is 3. The molecule has 1 atom stereocenters. The molecule has 4 N–H and O–H groups in total. The van der Waals surface area contributed by atoms with Gasteiger partial charge in [-0.2, -0.15) is 0 Å². The molecule has 9 heteroatoms. The number of hydrogen-bond donors (Lipinski definition) is 4. The topological polar surface area (TPSA) is 129 Å². The number of aliphatic hydroxyl groups is 1. The first kappa shape index (κ1) is 14.9. The van der Waals surface area contributed by atoms with E-state index in [0.29, 0.717) is 18.8 Å². The van der Waals surface area contributed by atoms with Gasteiger partial charge in [-0.1, -0.05) is 0 Å². The van der Waals surface area contributed by atoms with E-state index in [0.717, 1.165) is 0 Å². The van der Waals surface area contributed by atoms with E-state index in [4.69, 9.17) is 10.2 Å². The van der Waals surface area contributed by atoms with Crippen LogP contribution in [0.5, 0.6) is 0 Å². The van der Waals surface area contributed by atoms with E-state index in [1.807, 2.05) is 0 Å². The minimum atomic E-state index is -1.18. The van der Waals surface area contributed by atoms with Crippen LogP contribution in [-0.4, -0.2) is 56.2 Å². The van der Waals surface area contributed by atoms with Crippen molar-refractivity contribution in [2.45, 2.75) is 18.9 Å². The van der Waals surface area contributed by atoms with Gasteiger partial charge < -0.3 is 25.4 Å². The molecule has 0 fully saturated rings. The number of aliphatic hydroxyl groups excluding tert-OH is 1. The maximum atomic E-state index is 11.4. The van der Waals surface area contributed by atoms with Crippen molar-refractivity contribution >= 4 is 12.0 Å². The summed E-state index contributed by atoms with van der Waals surface area (Å²) in [5.74, 6) is -0.469. The zero-order valence-electron chi connectivity index (χ0n) is 10.5. The second kappa shape index (κ2) is 7.31. The molecule has 106 valence electrons. The lowest BCUT2D eigenvalue weighted by Gasteiger charge is -2.13. The highest BCUT2D eigenvalue weighted by atomic mass is 16.4. The zero-order chi connectivity index (χ0) is 14.3. The molecule has 0 bridgehead atoms. The van der Waals surface area contributed by atoms with Crippen molar-refractivity contribution in [1.82, 2.24) is 25.4 Å². The third kappa shape index (κ3) is 4.92. The Morgan fingerprint density at radius 2 is 2.26 bits per heavy atom. The predicted molar refractivity (Wildman–Crippen MR) is 64.4 cm³/mol. The van der Waals surface area contributed by atoms with Crippen LogP contribution in [0, 0.1) is 0 Å². The Kier molecular flexibility index (Phi) is 5.73. The summed E-state index contributed by atoms with van der Waals surface area (Å²) in [6.45, 7) is 0.0000167. The van der Waals surface area contributed by atoms with E-state index in [2.05, 4.69) is 20.8 Å². The summed E-state index contributed by atoms with van der Waals surface area (Å²) in [7, 11) is 1.79. The predicted octanol–water partition coefficient (Wildman–Crippen LogP) is -1.51. The van der Waals surface area contributed by atoms with Gasteiger partial charge in [0, 0.05) is 33.0 Å². The SMILES string of the molecule is Cn1cnnc1CCNC(=O)N[C@@H](CCO)C(=O)O. The maximum absolute atomic E-state index is 11.4. The molecule has 1 aromatic rings. The first-order chi connectivity index (χ1) is 9.04. The Hall–Kier alpha value is -2.16. The second-order valence-corrected chi connectivity index (χ2v) is 3.91. The van der Waals surface area contributed by atoms with Crippen molar-refractivity contribution in [2.24, 2.45) is 7.05 Å². The van der Waals surface area contributed by atoms with Gasteiger partial charge in [-0.05, 0) is 0 Å². The van der Waals surface area contributed by atoms with Gasteiger partial charge in [0.05, 0.1) is 0 Å². The van der Waals surface area contributed by atoms with Gasteiger partial charge in [-0.25, -0.2) is 9.59 Å². The van der Waals surface area contributed by atoms with Crippen LogP contribution in [0.25, 0.3) is 0 Å². The molecule has 1 aromatic heterocycles. The molecule has 0 saturated carbocycles. The number of carbonyl (C=O) groups excluding carboxylic acids is 1. The number of carboxylic acids is 1. The van der Waals surface area contributed by atoms with Gasteiger partial charge in [-0.15, -0.1) is 10.2 Å². The first-order valence-electron chi connectivity index (χ1n) is 5.75. The maximum Gasteiger partial charge on any atom is 0.326 e. The van der Waals surface area contributed by atoms with Crippen molar-refractivity contribution < 1.29 is 19.8 Å². The molecule has 1 heterocycles. The van der Waals surface area contributed by atoms with Crippen molar-refractivity contribution in [1.29, 1.82) is 0 Å². The van der Waals surface area contributed by atoms with Crippen molar-refractivity contribution in [2.75, 3.05) is 13.2 Å². The Morgan fingerprint density at radius 1 is 1.53 bits per heavy atom. The summed E-state index contributed by atoms with van der Waals surface area (Å²) >= 11 is 0.